The average molecular weight is 344 g/mol. The van der Waals surface area contributed by atoms with Crippen LogP contribution in [0.3, 0.4) is 0 Å². The van der Waals surface area contributed by atoms with Crippen LogP contribution in [0.4, 0.5) is 0 Å². The Bertz CT molecular complexity index is 724. The van der Waals surface area contributed by atoms with Crippen LogP contribution >= 0.6 is 11.6 Å². The van der Waals surface area contributed by atoms with Crippen LogP contribution in [0.25, 0.3) is 11.8 Å². The molecular weight excluding hydrogens is 322 g/mol. The van der Waals surface area contributed by atoms with Crippen LogP contribution in [0.15, 0.2) is 58.9 Å². The summed E-state index contributed by atoms with van der Waals surface area (Å²) in [7, 11) is 0. The zero-order chi connectivity index (χ0) is 17.4. The summed E-state index contributed by atoms with van der Waals surface area (Å²) in [6.45, 7) is 5.68. The van der Waals surface area contributed by atoms with Gasteiger partial charge in [-0.2, -0.15) is 5.10 Å². The molecular formula is C18H22ClN5. The van der Waals surface area contributed by atoms with Gasteiger partial charge >= 0.3 is 0 Å². The quantitative estimate of drug-likeness (QED) is 0.493. The van der Waals surface area contributed by atoms with Gasteiger partial charge in [0.15, 0.2) is 0 Å². The summed E-state index contributed by atoms with van der Waals surface area (Å²) < 4.78 is 2.06. The first-order valence-corrected chi connectivity index (χ1v) is 8.25. The van der Waals surface area contributed by atoms with E-state index in [-0.39, 0.29) is 0 Å². The Kier molecular flexibility index (Phi) is 6.63. The van der Waals surface area contributed by atoms with Crippen LogP contribution in [0.1, 0.15) is 19.5 Å². The van der Waals surface area contributed by atoms with Crippen molar-refractivity contribution in [2.75, 3.05) is 13.1 Å². The summed E-state index contributed by atoms with van der Waals surface area (Å²) in [5.41, 5.74) is 7.93. The molecule has 2 N–H and O–H groups in total. The monoisotopic (exact) mass is 343 g/mol. The maximum absolute atomic E-state index is 5.93. The fraction of sp³-hybridized carbons (Fsp3) is 0.222. The number of guanidine groups is 1. The van der Waals surface area contributed by atoms with Gasteiger partial charge in [-0.15, -0.1) is 5.10 Å². The summed E-state index contributed by atoms with van der Waals surface area (Å²) >= 11 is 5.93. The number of aromatic nitrogens is 1. The molecule has 1 aromatic carbocycles. The SMILES string of the molecule is CCN(CC)C(N)=NN=CC=Cc1cccn1-c1ccc(Cl)cc1. The summed E-state index contributed by atoms with van der Waals surface area (Å²) in [4.78, 5) is 1.94. The van der Waals surface area contributed by atoms with E-state index in [1.54, 1.807) is 6.21 Å². The number of hydrogen-bond acceptors (Lipinski definition) is 2. The Morgan fingerprint density at radius 1 is 1.21 bits per heavy atom. The van der Waals surface area contributed by atoms with Crippen molar-refractivity contribution >= 4 is 29.9 Å². The van der Waals surface area contributed by atoms with Crippen molar-refractivity contribution in [2.45, 2.75) is 13.8 Å². The lowest BCUT2D eigenvalue weighted by Crippen LogP contribution is -2.36. The number of allylic oxidation sites excluding steroid dienone is 1. The molecule has 0 fully saturated rings. The van der Waals surface area contributed by atoms with Crippen molar-refractivity contribution in [1.29, 1.82) is 0 Å². The average Bonchev–Trinajstić information content (AvgIpc) is 3.05. The second kappa shape index (κ2) is 8.93. The topological polar surface area (TPSA) is 58.9 Å². The van der Waals surface area contributed by atoms with E-state index in [9.17, 15) is 0 Å². The van der Waals surface area contributed by atoms with E-state index in [2.05, 4.69) is 14.8 Å². The molecule has 1 heterocycles. The predicted octanol–water partition coefficient (Wildman–Crippen LogP) is 3.79. The Hall–Kier alpha value is -2.53. The highest BCUT2D eigenvalue weighted by Gasteiger charge is 2.01. The predicted molar refractivity (Wildman–Crippen MR) is 103 cm³/mol. The fourth-order valence-electron chi connectivity index (χ4n) is 2.25. The Balaban J connectivity index is 2.06. The van der Waals surface area contributed by atoms with Gasteiger partial charge < -0.3 is 15.2 Å². The van der Waals surface area contributed by atoms with Crippen molar-refractivity contribution in [2.24, 2.45) is 15.9 Å². The van der Waals surface area contributed by atoms with E-state index in [0.29, 0.717) is 5.96 Å². The maximum atomic E-state index is 5.93. The molecule has 0 bridgehead atoms. The molecule has 0 spiro atoms. The number of benzene rings is 1. The zero-order valence-electron chi connectivity index (χ0n) is 13.9. The van der Waals surface area contributed by atoms with Gasteiger partial charge in [0.25, 0.3) is 0 Å². The van der Waals surface area contributed by atoms with Gasteiger partial charge in [0, 0.05) is 41.9 Å². The van der Waals surface area contributed by atoms with Gasteiger partial charge in [-0.1, -0.05) is 11.6 Å². The molecule has 6 heteroatoms. The first-order valence-electron chi connectivity index (χ1n) is 7.87. The summed E-state index contributed by atoms with van der Waals surface area (Å²) in [5, 5.41) is 8.70. The molecule has 0 aliphatic carbocycles. The van der Waals surface area contributed by atoms with E-state index in [4.69, 9.17) is 17.3 Å². The summed E-state index contributed by atoms with van der Waals surface area (Å²) in [5.74, 6) is 0.425. The van der Waals surface area contributed by atoms with E-state index >= 15 is 0 Å². The van der Waals surface area contributed by atoms with Gasteiger partial charge in [0.2, 0.25) is 5.96 Å². The van der Waals surface area contributed by atoms with Crippen LogP contribution in [0, 0.1) is 0 Å². The summed E-state index contributed by atoms with van der Waals surface area (Å²) in [6, 6.07) is 11.7. The molecule has 1 aromatic heterocycles. The van der Waals surface area contributed by atoms with Gasteiger partial charge in [0.05, 0.1) is 0 Å². The molecule has 0 atom stereocenters. The molecule has 0 saturated carbocycles. The minimum atomic E-state index is 0.425. The highest BCUT2D eigenvalue weighted by atomic mass is 35.5. The second-order valence-electron chi connectivity index (χ2n) is 5.03. The highest BCUT2D eigenvalue weighted by Crippen LogP contribution is 2.16. The molecule has 5 nitrogen and oxygen atoms in total. The van der Waals surface area contributed by atoms with Gasteiger partial charge in [-0.05, 0) is 62.4 Å². The van der Waals surface area contributed by atoms with E-state index in [1.807, 2.05) is 73.5 Å². The highest BCUT2D eigenvalue weighted by molar-refractivity contribution is 6.30. The van der Waals surface area contributed by atoms with Crippen molar-refractivity contribution in [3.8, 4) is 5.69 Å². The molecule has 0 unspecified atom stereocenters. The normalized spacial score (nSPS) is 12.4. The first kappa shape index (κ1) is 17.8. The van der Waals surface area contributed by atoms with Crippen LogP contribution in [0.2, 0.25) is 5.02 Å². The lowest BCUT2D eigenvalue weighted by Gasteiger charge is -2.17. The van der Waals surface area contributed by atoms with E-state index in [1.165, 1.54) is 0 Å². The molecule has 0 amide bonds. The molecule has 2 rings (SSSR count). The van der Waals surface area contributed by atoms with Crippen molar-refractivity contribution in [1.82, 2.24) is 9.47 Å². The zero-order valence-corrected chi connectivity index (χ0v) is 14.7. The number of hydrogen-bond donors (Lipinski definition) is 1. The molecule has 126 valence electrons. The van der Waals surface area contributed by atoms with Gasteiger partial charge in [-0.3, -0.25) is 0 Å². The molecule has 0 aliphatic heterocycles. The number of nitrogens with zero attached hydrogens (tertiary/aromatic N) is 4. The lowest BCUT2D eigenvalue weighted by molar-refractivity contribution is 0.459. The third-order valence-corrected chi connectivity index (χ3v) is 3.80. The van der Waals surface area contributed by atoms with Crippen LogP contribution in [0.5, 0.6) is 0 Å². The number of rotatable bonds is 6. The smallest absolute Gasteiger partial charge is 0.216 e. The lowest BCUT2D eigenvalue weighted by atomic mass is 10.3. The largest absolute Gasteiger partial charge is 0.368 e. The standard InChI is InChI=1S/C18H22ClN5/c1-3-23(4-2)18(20)22-21-13-5-7-16-8-6-14-24(16)17-11-9-15(19)10-12-17/h5-14H,3-4H2,1-2H3,(H2,20,22). The van der Waals surface area contributed by atoms with Crippen LogP contribution < -0.4 is 5.73 Å². The van der Waals surface area contributed by atoms with E-state index in [0.717, 1.165) is 29.5 Å². The first-order chi connectivity index (χ1) is 11.7. The number of halogens is 1. The summed E-state index contributed by atoms with van der Waals surface area (Å²) in [6.07, 6.45) is 7.41. The molecule has 2 aromatic rings. The Labute approximate surface area is 147 Å². The minimum absolute atomic E-state index is 0.425. The molecule has 0 aliphatic rings. The van der Waals surface area contributed by atoms with E-state index < -0.39 is 0 Å². The Morgan fingerprint density at radius 3 is 2.58 bits per heavy atom. The van der Waals surface area contributed by atoms with Crippen molar-refractivity contribution in [3.63, 3.8) is 0 Å². The molecule has 0 saturated heterocycles. The second-order valence-corrected chi connectivity index (χ2v) is 5.47. The van der Waals surface area contributed by atoms with Crippen LogP contribution in [-0.4, -0.2) is 34.7 Å². The molecule has 24 heavy (non-hydrogen) atoms. The number of nitrogens with two attached hydrogens (primary N) is 1. The van der Waals surface area contributed by atoms with Gasteiger partial charge in [0.1, 0.15) is 0 Å². The maximum Gasteiger partial charge on any atom is 0.216 e. The van der Waals surface area contributed by atoms with Crippen molar-refractivity contribution in [3.05, 3.63) is 59.4 Å². The minimum Gasteiger partial charge on any atom is -0.368 e. The van der Waals surface area contributed by atoms with Gasteiger partial charge in [-0.25, -0.2) is 0 Å². The van der Waals surface area contributed by atoms with Crippen LogP contribution in [-0.2, 0) is 0 Å². The third kappa shape index (κ3) is 4.73. The third-order valence-electron chi connectivity index (χ3n) is 3.55. The fourth-order valence-corrected chi connectivity index (χ4v) is 2.38. The Morgan fingerprint density at radius 2 is 1.92 bits per heavy atom. The molecule has 0 radical (unpaired) electrons. The van der Waals surface area contributed by atoms with Crippen molar-refractivity contribution < 1.29 is 0 Å².